The Kier molecular flexibility index (Phi) is 6.36. The number of hydrogen-bond acceptors (Lipinski definition) is 6. The van der Waals surface area contributed by atoms with Crippen molar-refractivity contribution in [3.63, 3.8) is 0 Å². The molecule has 9 heteroatoms. The Morgan fingerprint density at radius 3 is 2.54 bits per heavy atom. The monoisotopic (exact) mass is 409 g/mol. The van der Waals surface area contributed by atoms with Crippen LogP contribution in [0.4, 0.5) is 0 Å². The van der Waals surface area contributed by atoms with E-state index in [1.54, 1.807) is 19.1 Å². The lowest BCUT2D eigenvalue weighted by Crippen LogP contribution is -2.51. The molecule has 1 unspecified atom stereocenters. The van der Waals surface area contributed by atoms with Crippen LogP contribution >= 0.6 is 0 Å². The standard InChI is InChI=1S/C19H27N3O5S/c1-2-27-19(24)14-5-3-6-16(13-14)28(25,26)21-11-8-15(9-12-21)22-10-4-7-17(22)18(20)23/h3,5-6,13,15,17H,2,4,7-12H2,1H3,(H2,20,23). The molecule has 0 saturated carbocycles. The number of amides is 1. The van der Waals surface area contributed by atoms with Gasteiger partial charge in [0.25, 0.3) is 0 Å². The van der Waals surface area contributed by atoms with Gasteiger partial charge >= 0.3 is 5.97 Å². The summed E-state index contributed by atoms with van der Waals surface area (Å²) in [5.74, 6) is -0.840. The molecule has 2 N–H and O–H groups in total. The predicted octanol–water partition coefficient (Wildman–Crippen LogP) is 0.966. The van der Waals surface area contributed by atoms with Gasteiger partial charge in [-0.1, -0.05) is 6.07 Å². The fraction of sp³-hybridized carbons (Fsp3) is 0.579. The molecule has 2 aliphatic rings. The lowest BCUT2D eigenvalue weighted by Gasteiger charge is -2.38. The van der Waals surface area contributed by atoms with Crippen molar-refractivity contribution >= 4 is 21.9 Å². The molecular formula is C19H27N3O5S. The zero-order valence-electron chi connectivity index (χ0n) is 16.0. The van der Waals surface area contributed by atoms with Crippen molar-refractivity contribution in [2.24, 2.45) is 5.73 Å². The van der Waals surface area contributed by atoms with Crippen molar-refractivity contribution < 1.29 is 22.7 Å². The van der Waals surface area contributed by atoms with Crippen molar-refractivity contribution in [3.05, 3.63) is 29.8 Å². The van der Waals surface area contributed by atoms with Gasteiger partial charge in [-0.2, -0.15) is 4.31 Å². The predicted molar refractivity (Wildman–Crippen MR) is 103 cm³/mol. The van der Waals surface area contributed by atoms with Crippen molar-refractivity contribution in [2.75, 3.05) is 26.2 Å². The molecule has 2 fully saturated rings. The average Bonchev–Trinajstić information content (AvgIpc) is 3.18. The van der Waals surface area contributed by atoms with Crippen LogP contribution in [0.1, 0.15) is 43.0 Å². The fourth-order valence-corrected chi connectivity index (χ4v) is 5.61. The Morgan fingerprint density at radius 1 is 1.18 bits per heavy atom. The number of sulfonamides is 1. The highest BCUT2D eigenvalue weighted by Gasteiger charge is 2.38. The van der Waals surface area contributed by atoms with Gasteiger partial charge in [0, 0.05) is 19.1 Å². The number of primary amides is 1. The summed E-state index contributed by atoms with van der Waals surface area (Å²) in [4.78, 5) is 25.8. The van der Waals surface area contributed by atoms with Crippen LogP contribution in [0.3, 0.4) is 0 Å². The SMILES string of the molecule is CCOC(=O)c1cccc(S(=O)(=O)N2CCC(N3CCCC3C(N)=O)CC2)c1. The number of benzene rings is 1. The van der Waals surface area contributed by atoms with Crippen LogP contribution in [-0.4, -0.2) is 67.8 Å². The van der Waals surface area contributed by atoms with Gasteiger partial charge in [0.15, 0.2) is 0 Å². The van der Waals surface area contributed by atoms with E-state index in [-0.39, 0.29) is 35.1 Å². The Morgan fingerprint density at radius 2 is 1.89 bits per heavy atom. The minimum absolute atomic E-state index is 0.0905. The number of esters is 1. The van der Waals surface area contributed by atoms with Gasteiger partial charge in [0.2, 0.25) is 15.9 Å². The Bertz CT molecular complexity index is 834. The van der Waals surface area contributed by atoms with Crippen molar-refractivity contribution in [1.29, 1.82) is 0 Å². The molecule has 154 valence electrons. The third-order valence-electron chi connectivity index (χ3n) is 5.50. The second kappa shape index (κ2) is 8.59. The second-order valence-corrected chi connectivity index (χ2v) is 9.12. The number of carbonyl (C=O) groups is 2. The van der Waals surface area contributed by atoms with E-state index in [1.165, 1.54) is 16.4 Å². The van der Waals surface area contributed by atoms with Gasteiger partial charge in [-0.25, -0.2) is 13.2 Å². The Hall–Kier alpha value is -1.97. The number of piperidine rings is 1. The zero-order chi connectivity index (χ0) is 20.3. The van der Waals surface area contributed by atoms with Gasteiger partial charge in [0.05, 0.1) is 23.1 Å². The van der Waals surface area contributed by atoms with E-state index in [2.05, 4.69) is 4.90 Å². The highest BCUT2D eigenvalue weighted by molar-refractivity contribution is 7.89. The molecule has 1 atom stereocenters. The van der Waals surface area contributed by atoms with E-state index in [9.17, 15) is 18.0 Å². The minimum atomic E-state index is -3.69. The number of rotatable bonds is 6. The molecule has 0 spiro atoms. The van der Waals surface area contributed by atoms with Crippen LogP contribution in [0.25, 0.3) is 0 Å². The van der Waals surface area contributed by atoms with Crippen LogP contribution in [0.5, 0.6) is 0 Å². The van der Waals surface area contributed by atoms with Gasteiger partial charge in [-0.3, -0.25) is 9.69 Å². The van der Waals surface area contributed by atoms with Crippen LogP contribution in [0, 0.1) is 0 Å². The molecule has 3 rings (SSSR count). The third kappa shape index (κ3) is 4.21. The molecule has 2 saturated heterocycles. The molecule has 0 bridgehead atoms. The first-order valence-corrected chi connectivity index (χ1v) is 11.1. The molecule has 0 aliphatic carbocycles. The summed E-state index contributed by atoms with van der Waals surface area (Å²) in [6.07, 6.45) is 3.02. The summed E-state index contributed by atoms with van der Waals surface area (Å²) in [5, 5.41) is 0. The summed E-state index contributed by atoms with van der Waals surface area (Å²) in [6, 6.07) is 5.87. The second-order valence-electron chi connectivity index (χ2n) is 7.18. The number of likely N-dealkylation sites (tertiary alicyclic amines) is 1. The molecule has 28 heavy (non-hydrogen) atoms. The largest absolute Gasteiger partial charge is 0.462 e. The zero-order valence-corrected chi connectivity index (χ0v) is 16.9. The summed E-state index contributed by atoms with van der Waals surface area (Å²) in [7, 11) is -3.69. The van der Waals surface area contributed by atoms with E-state index in [0.717, 1.165) is 19.4 Å². The van der Waals surface area contributed by atoms with Gasteiger partial charge < -0.3 is 10.5 Å². The fourth-order valence-electron chi connectivity index (χ4n) is 4.09. The quantitative estimate of drug-likeness (QED) is 0.701. The summed E-state index contributed by atoms with van der Waals surface area (Å²) >= 11 is 0. The summed E-state index contributed by atoms with van der Waals surface area (Å²) in [5.41, 5.74) is 5.72. The topological polar surface area (TPSA) is 110 Å². The number of ether oxygens (including phenoxy) is 1. The van der Waals surface area contributed by atoms with E-state index in [0.29, 0.717) is 25.9 Å². The highest BCUT2D eigenvalue weighted by atomic mass is 32.2. The Labute approximate surface area is 165 Å². The van der Waals surface area contributed by atoms with Gasteiger partial charge in [-0.05, 0) is 57.4 Å². The number of nitrogens with zero attached hydrogens (tertiary/aromatic N) is 2. The number of carbonyl (C=O) groups excluding carboxylic acids is 2. The van der Waals surface area contributed by atoms with Crippen LogP contribution in [-0.2, 0) is 19.6 Å². The first kappa shape index (κ1) is 20.8. The summed E-state index contributed by atoms with van der Waals surface area (Å²) < 4.78 is 32.4. The van der Waals surface area contributed by atoms with Crippen molar-refractivity contribution in [3.8, 4) is 0 Å². The number of hydrogen-bond donors (Lipinski definition) is 1. The van der Waals surface area contributed by atoms with E-state index >= 15 is 0 Å². The van der Waals surface area contributed by atoms with Gasteiger partial charge in [0.1, 0.15) is 0 Å². The van der Waals surface area contributed by atoms with E-state index < -0.39 is 16.0 Å². The average molecular weight is 410 g/mol. The van der Waals surface area contributed by atoms with Crippen LogP contribution < -0.4 is 5.73 Å². The molecule has 1 aromatic rings. The molecule has 8 nitrogen and oxygen atoms in total. The van der Waals surface area contributed by atoms with Crippen molar-refractivity contribution in [2.45, 2.75) is 49.6 Å². The molecule has 1 aromatic carbocycles. The van der Waals surface area contributed by atoms with E-state index in [1.807, 2.05) is 0 Å². The maximum absolute atomic E-state index is 13.0. The van der Waals surface area contributed by atoms with Crippen LogP contribution in [0.2, 0.25) is 0 Å². The minimum Gasteiger partial charge on any atom is -0.462 e. The van der Waals surface area contributed by atoms with Gasteiger partial charge in [-0.15, -0.1) is 0 Å². The maximum atomic E-state index is 13.0. The molecule has 1 amide bonds. The number of nitrogens with two attached hydrogens (primary N) is 1. The van der Waals surface area contributed by atoms with E-state index in [4.69, 9.17) is 10.5 Å². The lowest BCUT2D eigenvalue weighted by atomic mass is 10.0. The third-order valence-corrected chi connectivity index (χ3v) is 7.39. The normalized spacial score (nSPS) is 22.2. The maximum Gasteiger partial charge on any atom is 0.338 e. The summed E-state index contributed by atoms with van der Waals surface area (Å²) in [6.45, 7) is 3.50. The van der Waals surface area contributed by atoms with Crippen molar-refractivity contribution in [1.82, 2.24) is 9.21 Å². The molecule has 0 aromatic heterocycles. The highest BCUT2D eigenvalue weighted by Crippen LogP contribution is 2.28. The lowest BCUT2D eigenvalue weighted by molar-refractivity contribution is -0.123. The van der Waals surface area contributed by atoms with Crippen LogP contribution in [0.15, 0.2) is 29.2 Å². The first-order valence-electron chi connectivity index (χ1n) is 9.67. The molecular weight excluding hydrogens is 382 g/mol. The Balaban J connectivity index is 1.69. The molecule has 2 aliphatic heterocycles. The molecule has 2 heterocycles. The molecule has 0 radical (unpaired) electrons. The first-order chi connectivity index (χ1) is 13.3. The smallest absolute Gasteiger partial charge is 0.338 e.